The van der Waals surface area contributed by atoms with Crippen molar-refractivity contribution in [3.63, 3.8) is 0 Å². The largest absolute Gasteiger partial charge is 0.381 e. The molecule has 0 aliphatic carbocycles. The molecule has 16 heavy (non-hydrogen) atoms. The third kappa shape index (κ3) is 2.97. The summed E-state index contributed by atoms with van der Waals surface area (Å²) in [6, 6.07) is 8.61. The molecule has 1 fully saturated rings. The van der Waals surface area contributed by atoms with Gasteiger partial charge in [0.15, 0.2) is 0 Å². The molecule has 0 aromatic heterocycles. The zero-order chi connectivity index (χ0) is 11.4. The molecule has 2 rings (SSSR count). The van der Waals surface area contributed by atoms with Crippen molar-refractivity contribution in [2.24, 2.45) is 5.92 Å². The first kappa shape index (κ1) is 11.9. The monoisotopic (exact) mass is 239 g/mol. The van der Waals surface area contributed by atoms with Crippen LogP contribution in [0, 0.1) is 5.92 Å². The van der Waals surface area contributed by atoms with Gasteiger partial charge in [-0.3, -0.25) is 0 Å². The van der Waals surface area contributed by atoms with Gasteiger partial charge >= 0.3 is 0 Å². The minimum Gasteiger partial charge on any atom is -0.381 e. The van der Waals surface area contributed by atoms with Crippen LogP contribution in [-0.2, 0) is 11.2 Å². The molecule has 1 aliphatic heterocycles. The van der Waals surface area contributed by atoms with E-state index in [0.717, 1.165) is 24.7 Å². The van der Waals surface area contributed by atoms with E-state index in [1.807, 2.05) is 19.2 Å². The third-order valence-corrected chi connectivity index (χ3v) is 3.53. The fourth-order valence-corrected chi connectivity index (χ4v) is 2.37. The Labute approximate surface area is 102 Å². The summed E-state index contributed by atoms with van der Waals surface area (Å²) in [5, 5.41) is 4.19. The topological polar surface area (TPSA) is 21.3 Å². The molecule has 0 radical (unpaired) electrons. The fourth-order valence-electron chi connectivity index (χ4n) is 2.25. The van der Waals surface area contributed by atoms with E-state index >= 15 is 0 Å². The van der Waals surface area contributed by atoms with Crippen molar-refractivity contribution >= 4 is 11.6 Å². The van der Waals surface area contributed by atoms with Gasteiger partial charge in [-0.15, -0.1) is 0 Å². The Bertz CT molecular complexity index is 319. The van der Waals surface area contributed by atoms with Crippen molar-refractivity contribution in [2.45, 2.75) is 18.9 Å². The predicted molar refractivity (Wildman–Crippen MR) is 66.9 cm³/mol. The third-order valence-electron chi connectivity index (χ3n) is 3.27. The zero-order valence-electron chi connectivity index (χ0n) is 9.58. The normalized spacial score (nSPS) is 22.2. The van der Waals surface area contributed by atoms with Gasteiger partial charge in [-0.1, -0.05) is 23.7 Å². The van der Waals surface area contributed by atoms with Crippen LogP contribution in [0.4, 0.5) is 0 Å². The first-order chi connectivity index (χ1) is 7.79. The van der Waals surface area contributed by atoms with Crippen molar-refractivity contribution in [3.05, 3.63) is 34.9 Å². The van der Waals surface area contributed by atoms with Gasteiger partial charge in [-0.2, -0.15) is 0 Å². The number of rotatable bonds is 4. The Morgan fingerprint density at radius 2 is 2.19 bits per heavy atom. The zero-order valence-corrected chi connectivity index (χ0v) is 10.3. The second kappa shape index (κ2) is 5.67. The molecule has 1 heterocycles. The maximum Gasteiger partial charge on any atom is 0.0510 e. The van der Waals surface area contributed by atoms with E-state index in [9.17, 15) is 0 Å². The van der Waals surface area contributed by atoms with Crippen molar-refractivity contribution in [2.75, 3.05) is 20.3 Å². The second-order valence-electron chi connectivity index (χ2n) is 4.35. The second-order valence-corrected chi connectivity index (χ2v) is 4.79. The lowest BCUT2D eigenvalue weighted by Gasteiger charge is -2.21. The minimum absolute atomic E-state index is 0.503. The highest BCUT2D eigenvalue weighted by atomic mass is 35.5. The van der Waals surface area contributed by atoms with E-state index in [1.165, 1.54) is 12.0 Å². The first-order valence-corrected chi connectivity index (χ1v) is 6.17. The van der Waals surface area contributed by atoms with Crippen LogP contribution in [0.5, 0.6) is 0 Å². The van der Waals surface area contributed by atoms with E-state index in [1.54, 1.807) is 0 Å². The molecule has 1 aromatic carbocycles. The molecule has 2 atom stereocenters. The van der Waals surface area contributed by atoms with Gasteiger partial charge < -0.3 is 10.1 Å². The van der Waals surface area contributed by atoms with Crippen LogP contribution in [0.1, 0.15) is 12.0 Å². The lowest BCUT2D eigenvalue weighted by molar-refractivity contribution is 0.177. The van der Waals surface area contributed by atoms with Crippen LogP contribution >= 0.6 is 11.6 Å². The van der Waals surface area contributed by atoms with Crippen LogP contribution in [0.25, 0.3) is 0 Å². The molecule has 0 spiro atoms. The highest BCUT2D eigenvalue weighted by Gasteiger charge is 2.24. The van der Waals surface area contributed by atoms with Gasteiger partial charge in [-0.05, 0) is 37.6 Å². The van der Waals surface area contributed by atoms with Gasteiger partial charge in [0.05, 0.1) is 6.61 Å². The highest BCUT2D eigenvalue weighted by molar-refractivity contribution is 6.30. The summed E-state index contributed by atoms with van der Waals surface area (Å²) in [5.41, 5.74) is 1.33. The Hall–Kier alpha value is -0.570. The van der Waals surface area contributed by atoms with Crippen LogP contribution in [0.2, 0.25) is 5.02 Å². The van der Waals surface area contributed by atoms with Crippen molar-refractivity contribution in [3.8, 4) is 0 Å². The first-order valence-electron chi connectivity index (χ1n) is 5.79. The molecular formula is C13H18ClNO. The molecule has 0 saturated carbocycles. The van der Waals surface area contributed by atoms with E-state index in [0.29, 0.717) is 12.0 Å². The van der Waals surface area contributed by atoms with Crippen molar-refractivity contribution in [1.29, 1.82) is 0 Å². The summed E-state index contributed by atoms with van der Waals surface area (Å²) in [4.78, 5) is 0. The number of hydrogen-bond acceptors (Lipinski definition) is 2. The molecule has 2 nitrogen and oxygen atoms in total. The van der Waals surface area contributed by atoms with Crippen LogP contribution in [-0.4, -0.2) is 26.3 Å². The smallest absolute Gasteiger partial charge is 0.0510 e. The summed E-state index contributed by atoms with van der Waals surface area (Å²) in [6.45, 7) is 1.79. The van der Waals surface area contributed by atoms with Crippen molar-refractivity contribution < 1.29 is 4.74 Å². The summed E-state index contributed by atoms with van der Waals surface area (Å²) in [6.07, 6.45) is 2.21. The standard InChI is InChI=1S/C13H18ClNO/c1-15-13(11-6-7-16-9-11)8-10-2-4-12(14)5-3-10/h2-5,11,13,15H,6-9H2,1H3. The van der Waals surface area contributed by atoms with Crippen LogP contribution in [0.15, 0.2) is 24.3 Å². The van der Waals surface area contributed by atoms with Crippen LogP contribution in [0.3, 0.4) is 0 Å². The summed E-state index contributed by atoms with van der Waals surface area (Å²) in [7, 11) is 2.03. The van der Waals surface area contributed by atoms with Gasteiger partial charge in [-0.25, -0.2) is 0 Å². The number of halogens is 1. The van der Waals surface area contributed by atoms with Gasteiger partial charge in [0.1, 0.15) is 0 Å². The fraction of sp³-hybridized carbons (Fsp3) is 0.538. The summed E-state index contributed by atoms with van der Waals surface area (Å²) < 4.78 is 5.44. The Morgan fingerprint density at radius 3 is 2.75 bits per heavy atom. The lowest BCUT2D eigenvalue weighted by Crippen LogP contribution is -2.35. The molecule has 1 saturated heterocycles. The molecule has 0 amide bonds. The van der Waals surface area contributed by atoms with E-state index in [4.69, 9.17) is 16.3 Å². The number of nitrogens with one attached hydrogen (secondary N) is 1. The Kier molecular flexibility index (Phi) is 4.22. The number of likely N-dealkylation sites (N-methyl/N-ethyl adjacent to an activating group) is 1. The maximum absolute atomic E-state index is 5.87. The quantitative estimate of drug-likeness (QED) is 0.872. The Balaban J connectivity index is 1.97. The molecule has 2 unspecified atom stereocenters. The number of benzene rings is 1. The molecule has 0 bridgehead atoms. The number of hydrogen-bond donors (Lipinski definition) is 1. The van der Waals surface area contributed by atoms with Gasteiger partial charge in [0.25, 0.3) is 0 Å². The molecule has 1 aromatic rings. The minimum atomic E-state index is 0.503. The molecule has 88 valence electrons. The molecule has 3 heteroatoms. The van der Waals surface area contributed by atoms with E-state index in [-0.39, 0.29) is 0 Å². The number of ether oxygens (including phenoxy) is 1. The lowest BCUT2D eigenvalue weighted by atomic mass is 9.93. The van der Waals surface area contributed by atoms with E-state index < -0.39 is 0 Å². The van der Waals surface area contributed by atoms with Crippen molar-refractivity contribution in [1.82, 2.24) is 5.32 Å². The molecule has 1 N–H and O–H groups in total. The highest BCUT2D eigenvalue weighted by Crippen LogP contribution is 2.20. The van der Waals surface area contributed by atoms with Gasteiger partial charge in [0.2, 0.25) is 0 Å². The SMILES string of the molecule is CNC(Cc1ccc(Cl)cc1)C1CCOC1. The molecular weight excluding hydrogens is 222 g/mol. The maximum atomic E-state index is 5.87. The average molecular weight is 240 g/mol. The van der Waals surface area contributed by atoms with Crippen LogP contribution < -0.4 is 5.32 Å². The summed E-state index contributed by atoms with van der Waals surface area (Å²) in [5.74, 6) is 0.640. The molecule has 1 aliphatic rings. The Morgan fingerprint density at radius 1 is 1.44 bits per heavy atom. The van der Waals surface area contributed by atoms with Gasteiger partial charge in [0, 0.05) is 23.6 Å². The average Bonchev–Trinajstić information content (AvgIpc) is 2.82. The summed E-state index contributed by atoms with van der Waals surface area (Å²) >= 11 is 5.87. The predicted octanol–water partition coefficient (Wildman–Crippen LogP) is 2.51. The van der Waals surface area contributed by atoms with E-state index in [2.05, 4.69) is 17.4 Å².